The predicted octanol–water partition coefficient (Wildman–Crippen LogP) is 2.31. The number of carbonyl (C=O) groups excluding carboxylic acids is 1. The van der Waals surface area contributed by atoms with E-state index in [0.717, 1.165) is 44.3 Å². The van der Waals surface area contributed by atoms with Crippen molar-refractivity contribution in [2.45, 2.75) is 38.1 Å². The minimum absolute atomic E-state index is 0.0535. The van der Waals surface area contributed by atoms with E-state index in [0.29, 0.717) is 6.42 Å². The van der Waals surface area contributed by atoms with Crippen molar-refractivity contribution in [3.05, 3.63) is 35.9 Å². The first kappa shape index (κ1) is 17.7. The molecule has 1 aromatic rings. The Balaban J connectivity index is 2.43. The van der Waals surface area contributed by atoms with Crippen LogP contribution in [0.3, 0.4) is 0 Å². The van der Waals surface area contributed by atoms with E-state index in [4.69, 9.17) is 5.73 Å². The second-order valence-corrected chi connectivity index (χ2v) is 5.75. The van der Waals surface area contributed by atoms with Gasteiger partial charge in [0.05, 0.1) is 6.04 Å². The van der Waals surface area contributed by atoms with Gasteiger partial charge in [0.25, 0.3) is 0 Å². The maximum atomic E-state index is 12.1. The molecule has 1 aromatic carbocycles. The van der Waals surface area contributed by atoms with E-state index in [2.05, 4.69) is 22.3 Å². The number of nitrogens with one attached hydrogen (secondary N) is 1. The van der Waals surface area contributed by atoms with Gasteiger partial charge in [-0.1, -0.05) is 43.2 Å². The van der Waals surface area contributed by atoms with Crippen molar-refractivity contribution in [1.29, 1.82) is 0 Å². The van der Waals surface area contributed by atoms with Gasteiger partial charge in [-0.05, 0) is 39.0 Å². The fourth-order valence-electron chi connectivity index (χ4n) is 2.33. The molecule has 0 saturated heterocycles. The average molecular weight is 291 g/mol. The van der Waals surface area contributed by atoms with Gasteiger partial charge in [-0.15, -0.1) is 0 Å². The van der Waals surface area contributed by atoms with E-state index >= 15 is 0 Å². The molecule has 0 heterocycles. The highest BCUT2D eigenvalue weighted by molar-refractivity contribution is 5.76. The van der Waals surface area contributed by atoms with Crippen molar-refractivity contribution in [3.8, 4) is 0 Å². The Morgan fingerprint density at radius 3 is 2.43 bits per heavy atom. The second kappa shape index (κ2) is 10.4. The maximum Gasteiger partial charge on any atom is 0.220 e. The van der Waals surface area contributed by atoms with E-state index in [1.807, 2.05) is 32.3 Å². The quantitative estimate of drug-likeness (QED) is 0.650. The summed E-state index contributed by atoms with van der Waals surface area (Å²) in [4.78, 5) is 14.2. The van der Waals surface area contributed by atoms with Crippen LogP contribution in [0, 0.1) is 0 Å². The van der Waals surface area contributed by atoms with Crippen LogP contribution >= 0.6 is 0 Å². The Bertz CT molecular complexity index is 392. The lowest BCUT2D eigenvalue weighted by Crippen LogP contribution is -2.35. The monoisotopic (exact) mass is 291 g/mol. The van der Waals surface area contributed by atoms with Gasteiger partial charge < -0.3 is 16.0 Å². The van der Waals surface area contributed by atoms with Crippen LogP contribution in [-0.4, -0.2) is 38.0 Å². The van der Waals surface area contributed by atoms with E-state index in [1.54, 1.807) is 0 Å². The number of rotatable bonds is 10. The molecular weight excluding hydrogens is 262 g/mol. The van der Waals surface area contributed by atoms with E-state index in [-0.39, 0.29) is 11.9 Å². The minimum Gasteiger partial charge on any atom is -0.348 e. The molecule has 0 spiro atoms. The normalized spacial score (nSPS) is 12.4. The van der Waals surface area contributed by atoms with Crippen LogP contribution in [0.5, 0.6) is 0 Å². The van der Waals surface area contributed by atoms with Crippen molar-refractivity contribution >= 4 is 5.91 Å². The molecule has 0 aromatic heterocycles. The number of likely N-dealkylation sites (N-methyl/N-ethyl adjacent to an activating group) is 1. The molecule has 1 unspecified atom stereocenters. The molecular formula is C17H29N3O. The van der Waals surface area contributed by atoms with Gasteiger partial charge in [0.15, 0.2) is 0 Å². The third-order valence-corrected chi connectivity index (χ3v) is 3.44. The molecule has 0 radical (unpaired) electrons. The van der Waals surface area contributed by atoms with Crippen LogP contribution in [0.15, 0.2) is 30.3 Å². The second-order valence-electron chi connectivity index (χ2n) is 5.75. The Labute approximate surface area is 128 Å². The molecule has 1 rings (SSSR count). The Hall–Kier alpha value is -1.39. The van der Waals surface area contributed by atoms with Crippen LogP contribution in [0.25, 0.3) is 0 Å². The highest BCUT2D eigenvalue weighted by Gasteiger charge is 2.14. The molecule has 0 bridgehead atoms. The molecule has 0 aliphatic rings. The molecule has 0 saturated carbocycles. The number of unbranched alkanes of at least 4 members (excludes halogenated alkanes) is 3. The molecule has 4 heteroatoms. The number of hydrogen-bond donors (Lipinski definition) is 2. The zero-order valence-electron chi connectivity index (χ0n) is 13.3. The molecule has 118 valence electrons. The van der Waals surface area contributed by atoms with Crippen molar-refractivity contribution in [1.82, 2.24) is 10.2 Å². The lowest BCUT2D eigenvalue weighted by molar-refractivity contribution is -0.122. The molecule has 1 atom stereocenters. The molecule has 0 fully saturated rings. The van der Waals surface area contributed by atoms with Gasteiger partial charge in [-0.2, -0.15) is 0 Å². The van der Waals surface area contributed by atoms with Crippen molar-refractivity contribution in [2.24, 2.45) is 5.73 Å². The predicted molar refractivity (Wildman–Crippen MR) is 88.0 cm³/mol. The summed E-state index contributed by atoms with van der Waals surface area (Å²) < 4.78 is 0. The minimum atomic E-state index is 0.0535. The van der Waals surface area contributed by atoms with Gasteiger partial charge in [0.2, 0.25) is 5.91 Å². The van der Waals surface area contributed by atoms with Crippen molar-refractivity contribution < 1.29 is 4.79 Å². The van der Waals surface area contributed by atoms with Crippen LogP contribution < -0.4 is 11.1 Å². The smallest absolute Gasteiger partial charge is 0.220 e. The first-order chi connectivity index (χ1) is 10.1. The first-order valence-electron chi connectivity index (χ1n) is 7.82. The molecule has 3 N–H and O–H groups in total. The summed E-state index contributed by atoms with van der Waals surface area (Å²) >= 11 is 0. The largest absolute Gasteiger partial charge is 0.348 e. The fraction of sp³-hybridized carbons (Fsp3) is 0.588. The summed E-state index contributed by atoms with van der Waals surface area (Å²) in [6, 6.07) is 10.2. The zero-order valence-corrected chi connectivity index (χ0v) is 13.3. The number of nitrogens with zero attached hydrogens (tertiary/aromatic N) is 1. The van der Waals surface area contributed by atoms with Gasteiger partial charge >= 0.3 is 0 Å². The van der Waals surface area contributed by atoms with Gasteiger partial charge in [0.1, 0.15) is 0 Å². The molecule has 0 aliphatic heterocycles. The highest BCUT2D eigenvalue weighted by Crippen LogP contribution is 2.14. The van der Waals surface area contributed by atoms with Crippen LogP contribution in [-0.2, 0) is 4.79 Å². The SMILES string of the molecule is CN(C)CC(NC(=O)CCCCCCN)c1ccccc1. The van der Waals surface area contributed by atoms with Gasteiger partial charge in [0, 0.05) is 13.0 Å². The van der Waals surface area contributed by atoms with Crippen LogP contribution in [0.4, 0.5) is 0 Å². The summed E-state index contributed by atoms with van der Waals surface area (Å²) in [6.45, 7) is 1.55. The number of benzene rings is 1. The summed E-state index contributed by atoms with van der Waals surface area (Å²) in [5.74, 6) is 0.137. The van der Waals surface area contributed by atoms with Crippen LogP contribution in [0.1, 0.15) is 43.7 Å². The van der Waals surface area contributed by atoms with E-state index in [1.165, 1.54) is 0 Å². The third-order valence-electron chi connectivity index (χ3n) is 3.44. The number of nitrogens with two attached hydrogens (primary N) is 1. The first-order valence-corrected chi connectivity index (χ1v) is 7.82. The summed E-state index contributed by atoms with van der Waals surface area (Å²) in [7, 11) is 4.05. The summed E-state index contributed by atoms with van der Waals surface area (Å²) in [6.07, 6.45) is 4.78. The topological polar surface area (TPSA) is 58.4 Å². The van der Waals surface area contributed by atoms with Gasteiger partial charge in [-0.3, -0.25) is 4.79 Å². The van der Waals surface area contributed by atoms with E-state index < -0.39 is 0 Å². The van der Waals surface area contributed by atoms with Crippen molar-refractivity contribution in [3.63, 3.8) is 0 Å². The zero-order chi connectivity index (χ0) is 15.5. The van der Waals surface area contributed by atoms with Gasteiger partial charge in [-0.25, -0.2) is 0 Å². The summed E-state index contributed by atoms with van der Waals surface area (Å²) in [5, 5.41) is 3.15. The van der Waals surface area contributed by atoms with Crippen LogP contribution in [0.2, 0.25) is 0 Å². The Morgan fingerprint density at radius 2 is 1.81 bits per heavy atom. The highest BCUT2D eigenvalue weighted by atomic mass is 16.1. The Kier molecular flexibility index (Phi) is 8.71. The number of carbonyl (C=O) groups is 1. The maximum absolute atomic E-state index is 12.1. The Morgan fingerprint density at radius 1 is 1.14 bits per heavy atom. The lowest BCUT2D eigenvalue weighted by Gasteiger charge is -2.23. The third kappa shape index (κ3) is 7.83. The molecule has 21 heavy (non-hydrogen) atoms. The standard InChI is InChI=1S/C17H29N3O/c1-20(2)14-16(15-10-6-5-7-11-15)19-17(21)12-8-3-4-9-13-18/h5-7,10-11,16H,3-4,8-9,12-14,18H2,1-2H3,(H,19,21). The van der Waals surface area contributed by atoms with Crippen molar-refractivity contribution in [2.75, 3.05) is 27.2 Å². The summed E-state index contributed by atoms with van der Waals surface area (Å²) in [5.41, 5.74) is 6.62. The molecule has 1 amide bonds. The van der Waals surface area contributed by atoms with E-state index in [9.17, 15) is 4.79 Å². The lowest BCUT2D eigenvalue weighted by atomic mass is 10.1. The molecule has 4 nitrogen and oxygen atoms in total. The molecule has 0 aliphatic carbocycles. The fourth-order valence-corrected chi connectivity index (χ4v) is 2.33. The average Bonchev–Trinajstić information content (AvgIpc) is 2.47. The number of hydrogen-bond acceptors (Lipinski definition) is 3. The number of amides is 1.